The Kier molecular flexibility index (Phi) is 0.922. The smallest absolute Gasteiger partial charge is 0.107 e. The van der Waals surface area contributed by atoms with Crippen molar-refractivity contribution in [1.82, 2.24) is 0 Å². The predicted molar refractivity (Wildman–Crippen MR) is 35.3 cm³/mol. The highest BCUT2D eigenvalue weighted by Crippen LogP contribution is 2.26. The Balaban J connectivity index is 2.39. The molecule has 0 bridgehead atoms. The summed E-state index contributed by atoms with van der Waals surface area (Å²) in [6, 6.07) is 2.08. The largest absolute Gasteiger partial charge is 0.469 e. The van der Waals surface area contributed by atoms with Gasteiger partial charge in [0.1, 0.15) is 5.76 Å². The lowest BCUT2D eigenvalue weighted by atomic mass is 10.1. The van der Waals surface area contributed by atoms with Gasteiger partial charge in [-0.15, -0.1) is 0 Å². The van der Waals surface area contributed by atoms with Gasteiger partial charge in [-0.3, -0.25) is 0 Å². The van der Waals surface area contributed by atoms with E-state index in [-0.39, 0.29) is 0 Å². The van der Waals surface area contributed by atoms with Gasteiger partial charge in [0, 0.05) is 6.42 Å². The van der Waals surface area contributed by atoms with E-state index in [2.05, 4.69) is 13.0 Å². The molecule has 1 atom stereocenters. The maximum Gasteiger partial charge on any atom is 0.107 e. The molecule has 1 aliphatic rings. The zero-order valence-electron chi connectivity index (χ0n) is 5.55. The lowest BCUT2D eigenvalue weighted by molar-refractivity contribution is 0.488. The fourth-order valence-electron chi connectivity index (χ4n) is 1.49. The number of hydrogen-bond donors (Lipinski definition) is 0. The van der Waals surface area contributed by atoms with Crippen LogP contribution >= 0.6 is 0 Å². The maximum absolute atomic E-state index is 5.25. The lowest BCUT2D eigenvalue weighted by Gasteiger charge is -1.93. The third-order valence-electron chi connectivity index (χ3n) is 1.94. The van der Waals surface area contributed by atoms with Crippen molar-refractivity contribution in [3.8, 4) is 0 Å². The molecule has 0 saturated heterocycles. The quantitative estimate of drug-likeness (QED) is 0.513. The Morgan fingerprint density at radius 3 is 3.22 bits per heavy atom. The average Bonchev–Trinajstić information content (AvgIpc) is 2.22. The van der Waals surface area contributed by atoms with Crippen molar-refractivity contribution in [2.75, 3.05) is 0 Å². The van der Waals surface area contributed by atoms with E-state index in [0.717, 1.165) is 12.3 Å². The molecule has 1 nitrogen and oxygen atoms in total. The highest BCUT2D eigenvalue weighted by Gasteiger charge is 2.19. The van der Waals surface area contributed by atoms with Gasteiger partial charge in [-0.2, -0.15) is 0 Å². The van der Waals surface area contributed by atoms with Gasteiger partial charge in [-0.1, -0.05) is 6.92 Å². The van der Waals surface area contributed by atoms with Crippen LogP contribution in [0.1, 0.15) is 18.2 Å². The van der Waals surface area contributed by atoms with Crippen LogP contribution in [0.4, 0.5) is 0 Å². The van der Waals surface area contributed by atoms with Gasteiger partial charge in [0.15, 0.2) is 0 Å². The van der Waals surface area contributed by atoms with Crippen LogP contribution in [0.2, 0.25) is 0 Å². The number of hydrogen-bond acceptors (Lipinski definition) is 1. The molecule has 0 N–H and O–H groups in total. The first-order valence-corrected chi connectivity index (χ1v) is 3.41. The van der Waals surface area contributed by atoms with E-state index >= 15 is 0 Å². The van der Waals surface area contributed by atoms with Gasteiger partial charge in [-0.25, -0.2) is 0 Å². The molecular weight excluding hydrogens is 112 g/mol. The zero-order chi connectivity index (χ0) is 6.27. The Morgan fingerprint density at radius 2 is 2.44 bits per heavy atom. The van der Waals surface area contributed by atoms with E-state index < -0.39 is 0 Å². The molecule has 48 valence electrons. The van der Waals surface area contributed by atoms with E-state index in [9.17, 15) is 0 Å². The normalized spacial score (nSPS) is 24.3. The highest BCUT2D eigenvalue weighted by molar-refractivity contribution is 5.22. The summed E-state index contributed by atoms with van der Waals surface area (Å²) in [6.07, 6.45) is 4.14. The fourth-order valence-corrected chi connectivity index (χ4v) is 1.49. The fraction of sp³-hybridized carbons (Fsp3) is 0.500. The Hall–Kier alpha value is -0.720. The Bertz CT molecular complexity index is 192. The average molecular weight is 122 g/mol. The summed E-state index contributed by atoms with van der Waals surface area (Å²) in [6.45, 7) is 2.26. The molecule has 0 spiro atoms. The number of fused-ring (bicyclic) bond motifs is 1. The topological polar surface area (TPSA) is 13.1 Å². The standard InChI is InChI=1S/C8H10O/c1-6-4-7-2-3-9-8(7)5-6/h2-3,6H,4-5H2,1H3. The van der Waals surface area contributed by atoms with Gasteiger partial charge in [-0.05, 0) is 24.0 Å². The summed E-state index contributed by atoms with van der Waals surface area (Å²) in [5.74, 6) is 2.02. The summed E-state index contributed by atoms with van der Waals surface area (Å²) in [4.78, 5) is 0. The van der Waals surface area contributed by atoms with Crippen LogP contribution < -0.4 is 0 Å². The van der Waals surface area contributed by atoms with Crippen LogP contribution in [0, 0.1) is 5.92 Å². The molecular formula is C8H10O. The van der Waals surface area contributed by atoms with Crippen molar-refractivity contribution in [3.05, 3.63) is 23.7 Å². The summed E-state index contributed by atoms with van der Waals surface area (Å²) < 4.78 is 5.25. The van der Waals surface area contributed by atoms with Crippen LogP contribution in [-0.4, -0.2) is 0 Å². The van der Waals surface area contributed by atoms with Crippen LogP contribution in [0.5, 0.6) is 0 Å². The summed E-state index contributed by atoms with van der Waals surface area (Å²) >= 11 is 0. The Labute approximate surface area is 54.7 Å². The molecule has 2 rings (SSSR count). The monoisotopic (exact) mass is 122 g/mol. The first-order valence-electron chi connectivity index (χ1n) is 3.41. The van der Waals surface area contributed by atoms with Crippen LogP contribution in [-0.2, 0) is 12.8 Å². The third-order valence-corrected chi connectivity index (χ3v) is 1.94. The SMILES string of the molecule is CC1Cc2ccoc2C1. The van der Waals surface area contributed by atoms with Crippen molar-refractivity contribution in [3.63, 3.8) is 0 Å². The summed E-state index contributed by atoms with van der Waals surface area (Å²) in [7, 11) is 0. The van der Waals surface area contributed by atoms with Gasteiger partial charge < -0.3 is 4.42 Å². The maximum atomic E-state index is 5.25. The molecule has 1 aromatic heterocycles. The van der Waals surface area contributed by atoms with E-state index in [4.69, 9.17) is 4.42 Å². The molecule has 1 aromatic rings. The molecule has 0 aromatic carbocycles. The van der Waals surface area contributed by atoms with E-state index in [1.165, 1.54) is 17.7 Å². The van der Waals surface area contributed by atoms with Gasteiger partial charge in [0.25, 0.3) is 0 Å². The second-order valence-electron chi connectivity index (χ2n) is 2.88. The Morgan fingerprint density at radius 1 is 1.56 bits per heavy atom. The first-order chi connectivity index (χ1) is 4.36. The number of furan rings is 1. The molecule has 0 saturated carbocycles. The number of rotatable bonds is 0. The van der Waals surface area contributed by atoms with Crippen molar-refractivity contribution >= 4 is 0 Å². The highest BCUT2D eigenvalue weighted by atomic mass is 16.3. The minimum absolute atomic E-state index is 0.806. The molecule has 1 aliphatic carbocycles. The summed E-state index contributed by atoms with van der Waals surface area (Å²) in [5.41, 5.74) is 1.42. The molecule has 0 aliphatic heterocycles. The predicted octanol–water partition coefficient (Wildman–Crippen LogP) is 2.01. The van der Waals surface area contributed by atoms with E-state index in [1.54, 1.807) is 6.26 Å². The van der Waals surface area contributed by atoms with Crippen LogP contribution in [0.25, 0.3) is 0 Å². The second kappa shape index (κ2) is 1.63. The van der Waals surface area contributed by atoms with Crippen LogP contribution in [0.15, 0.2) is 16.7 Å². The van der Waals surface area contributed by atoms with E-state index in [1.807, 2.05) is 0 Å². The molecule has 0 radical (unpaired) electrons. The van der Waals surface area contributed by atoms with Gasteiger partial charge in [0.05, 0.1) is 6.26 Å². The van der Waals surface area contributed by atoms with Crippen molar-refractivity contribution in [2.24, 2.45) is 5.92 Å². The minimum atomic E-state index is 0.806. The molecule has 0 fully saturated rings. The molecule has 0 amide bonds. The van der Waals surface area contributed by atoms with Crippen molar-refractivity contribution < 1.29 is 4.42 Å². The van der Waals surface area contributed by atoms with Crippen molar-refractivity contribution in [1.29, 1.82) is 0 Å². The molecule has 1 heteroatoms. The van der Waals surface area contributed by atoms with Gasteiger partial charge >= 0.3 is 0 Å². The zero-order valence-corrected chi connectivity index (χ0v) is 5.55. The third kappa shape index (κ3) is 0.680. The minimum Gasteiger partial charge on any atom is -0.469 e. The first kappa shape index (κ1) is 5.10. The van der Waals surface area contributed by atoms with E-state index in [0.29, 0.717) is 0 Å². The molecule has 1 heterocycles. The van der Waals surface area contributed by atoms with Gasteiger partial charge in [0.2, 0.25) is 0 Å². The van der Waals surface area contributed by atoms with Crippen molar-refractivity contribution in [2.45, 2.75) is 19.8 Å². The molecule has 1 unspecified atom stereocenters. The van der Waals surface area contributed by atoms with Crippen LogP contribution in [0.3, 0.4) is 0 Å². The summed E-state index contributed by atoms with van der Waals surface area (Å²) in [5, 5.41) is 0. The molecule has 9 heavy (non-hydrogen) atoms. The lowest BCUT2D eigenvalue weighted by Crippen LogP contribution is -1.89. The second-order valence-corrected chi connectivity index (χ2v) is 2.88.